The van der Waals surface area contributed by atoms with Crippen LogP contribution in [-0.2, 0) is 0 Å². The third-order valence-electron chi connectivity index (χ3n) is 11.6. The number of benzene rings is 10. The Morgan fingerprint density at radius 1 is 0.421 bits per heavy atom. The first-order valence-corrected chi connectivity index (χ1v) is 19.4. The van der Waals surface area contributed by atoms with Crippen LogP contribution in [-0.4, -0.2) is 9.55 Å². The molecule has 0 aliphatic heterocycles. The van der Waals surface area contributed by atoms with Gasteiger partial charge in [-0.25, -0.2) is 4.98 Å². The van der Waals surface area contributed by atoms with Gasteiger partial charge in [-0.05, 0) is 98.4 Å². The van der Waals surface area contributed by atoms with Crippen molar-refractivity contribution in [1.82, 2.24) is 9.55 Å². The molecule has 0 bridgehead atoms. The smallest absolute Gasteiger partial charge is 0.227 e. The molecule has 2 aromatic heterocycles. The van der Waals surface area contributed by atoms with E-state index < -0.39 is 0 Å². The van der Waals surface area contributed by atoms with E-state index in [0.717, 1.165) is 44.9 Å². The second kappa shape index (κ2) is 12.4. The predicted octanol–water partition coefficient (Wildman–Crippen LogP) is 14.7. The molecule has 4 nitrogen and oxygen atoms in total. The molecule has 0 aliphatic rings. The van der Waals surface area contributed by atoms with Gasteiger partial charge in [0.15, 0.2) is 5.58 Å². The van der Waals surface area contributed by atoms with Crippen molar-refractivity contribution < 1.29 is 4.42 Å². The lowest BCUT2D eigenvalue weighted by Crippen LogP contribution is -2.10. The van der Waals surface area contributed by atoms with Gasteiger partial charge in [-0.3, -0.25) is 0 Å². The summed E-state index contributed by atoms with van der Waals surface area (Å²) in [6.07, 6.45) is 0. The summed E-state index contributed by atoms with van der Waals surface area (Å²) < 4.78 is 9.17. The number of hydrogen-bond donors (Lipinski definition) is 0. The number of aromatic nitrogens is 2. The van der Waals surface area contributed by atoms with Crippen molar-refractivity contribution in [1.29, 1.82) is 0 Å². The van der Waals surface area contributed by atoms with Crippen LogP contribution in [0.5, 0.6) is 0 Å². The molecule has 0 aliphatic carbocycles. The Kier molecular flexibility index (Phi) is 6.89. The first-order chi connectivity index (χ1) is 28.3. The van der Waals surface area contributed by atoms with E-state index >= 15 is 0 Å². The standard InChI is InChI=1S/C53H33N3O/c1-3-15-35(16-4-1)53-54-48-24-13-25-49(52(48)57-53)55(37-27-30-44-42-22-10-9-20-40(42)41-21-11-12-23-43(41)47(44)32-37)38-28-31-45-46-29-26-34-14-7-8-19-39(34)51(46)56(50(45)33-38)36-17-5-2-6-18-36/h1-33H. The number of rotatable bonds is 5. The highest BCUT2D eigenvalue weighted by Crippen LogP contribution is 2.45. The molecule has 12 aromatic rings. The molecule has 57 heavy (non-hydrogen) atoms. The van der Waals surface area contributed by atoms with Crippen LogP contribution in [0.15, 0.2) is 205 Å². The maximum absolute atomic E-state index is 6.74. The van der Waals surface area contributed by atoms with Crippen molar-refractivity contribution in [2.24, 2.45) is 0 Å². The maximum atomic E-state index is 6.74. The van der Waals surface area contributed by atoms with E-state index in [2.05, 4.69) is 173 Å². The molecule has 0 fully saturated rings. The number of oxazole rings is 1. The van der Waals surface area contributed by atoms with Gasteiger partial charge in [-0.1, -0.05) is 140 Å². The van der Waals surface area contributed by atoms with Gasteiger partial charge < -0.3 is 13.9 Å². The van der Waals surface area contributed by atoms with Crippen molar-refractivity contribution in [2.75, 3.05) is 4.90 Å². The molecule has 0 atom stereocenters. The van der Waals surface area contributed by atoms with Gasteiger partial charge >= 0.3 is 0 Å². The van der Waals surface area contributed by atoms with Crippen LogP contribution >= 0.6 is 0 Å². The summed E-state index contributed by atoms with van der Waals surface area (Å²) in [5, 5.41) is 12.3. The van der Waals surface area contributed by atoms with E-state index in [9.17, 15) is 0 Å². The minimum absolute atomic E-state index is 0.598. The molecule has 0 saturated heterocycles. The molecular formula is C53H33N3O. The maximum Gasteiger partial charge on any atom is 0.227 e. The van der Waals surface area contributed by atoms with Gasteiger partial charge in [-0.2, -0.15) is 0 Å². The highest BCUT2D eigenvalue weighted by Gasteiger charge is 2.23. The third-order valence-corrected chi connectivity index (χ3v) is 11.6. The number of fused-ring (bicyclic) bond motifs is 12. The lowest BCUT2D eigenvalue weighted by Gasteiger charge is -2.26. The minimum Gasteiger partial charge on any atom is -0.434 e. The fourth-order valence-corrected chi connectivity index (χ4v) is 9.03. The molecule has 0 amide bonds. The number of anilines is 3. The summed E-state index contributed by atoms with van der Waals surface area (Å²) in [5.41, 5.74) is 8.88. The summed E-state index contributed by atoms with van der Waals surface area (Å²) in [6, 6.07) is 71.6. The number of nitrogens with zero attached hydrogens (tertiary/aromatic N) is 3. The molecule has 266 valence electrons. The van der Waals surface area contributed by atoms with E-state index in [-0.39, 0.29) is 0 Å². The highest BCUT2D eigenvalue weighted by molar-refractivity contribution is 6.26. The van der Waals surface area contributed by atoms with Crippen LogP contribution in [0, 0.1) is 0 Å². The molecule has 12 rings (SSSR count). The lowest BCUT2D eigenvalue weighted by atomic mass is 9.94. The van der Waals surface area contributed by atoms with Gasteiger partial charge in [0.2, 0.25) is 5.89 Å². The Bertz CT molecular complexity index is 3490. The predicted molar refractivity (Wildman–Crippen MR) is 238 cm³/mol. The lowest BCUT2D eigenvalue weighted by molar-refractivity contribution is 0.620. The largest absolute Gasteiger partial charge is 0.434 e. The van der Waals surface area contributed by atoms with Crippen molar-refractivity contribution in [2.45, 2.75) is 0 Å². The van der Waals surface area contributed by atoms with Crippen molar-refractivity contribution >= 4 is 93.1 Å². The average molecular weight is 728 g/mol. The van der Waals surface area contributed by atoms with E-state index in [1.54, 1.807) is 0 Å². The molecule has 2 heterocycles. The Balaban J connectivity index is 1.17. The zero-order valence-corrected chi connectivity index (χ0v) is 30.8. The quantitative estimate of drug-likeness (QED) is 0.166. The van der Waals surface area contributed by atoms with Crippen LogP contribution in [0.2, 0.25) is 0 Å². The highest BCUT2D eigenvalue weighted by atomic mass is 16.3. The van der Waals surface area contributed by atoms with Crippen LogP contribution in [0.3, 0.4) is 0 Å². The third kappa shape index (κ3) is 4.84. The van der Waals surface area contributed by atoms with Crippen LogP contribution in [0.4, 0.5) is 17.1 Å². The molecule has 0 saturated carbocycles. The van der Waals surface area contributed by atoms with Crippen LogP contribution in [0.1, 0.15) is 0 Å². The van der Waals surface area contributed by atoms with Crippen molar-refractivity contribution in [3.05, 3.63) is 200 Å². The Morgan fingerprint density at radius 3 is 1.74 bits per heavy atom. The second-order valence-electron chi connectivity index (χ2n) is 14.7. The summed E-state index contributed by atoms with van der Waals surface area (Å²) in [5.74, 6) is 0.598. The summed E-state index contributed by atoms with van der Waals surface area (Å²) in [7, 11) is 0. The number of hydrogen-bond acceptors (Lipinski definition) is 3. The molecular weight excluding hydrogens is 695 g/mol. The van der Waals surface area contributed by atoms with Crippen molar-refractivity contribution in [3.63, 3.8) is 0 Å². The second-order valence-corrected chi connectivity index (χ2v) is 14.7. The van der Waals surface area contributed by atoms with Gasteiger partial charge in [-0.15, -0.1) is 0 Å². The van der Waals surface area contributed by atoms with Gasteiger partial charge in [0, 0.05) is 38.8 Å². The molecule has 0 unspecified atom stereocenters. The Labute approximate surface area is 328 Å². The molecule has 0 spiro atoms. The Hall–Kier alpha value is -7.69. The van der Waals surface area contributed by atoms with E-state index in [1.807, 2.05) is 36.4 Å². The number of para-hydroxylation sites is 2. The average Bonchev–Trinajstić information content (AvgIpc) is 3.88. The summed E-state index contributed by atoms with van der Waals surface area (Å²) in [6.45, 7) is 0. The summed E-state index contributed by atoms with van der Waals surface area (Å²) >= 11 is 0. The van der Waals surface area contributed by atoms with E-state index in [0.29, 0.717) is 5.89 Å². The zero-order valence-electron chi connectivity index (χ0n) is 30.8. The normalized spacial score (nSPS) is 11.9. The first-order valence-electron chi connectivity index (χ1n) is 19.4. The SMILES string of the molecule is c1ccc(-c2nc3cccc(N(c4ccc5c6ccccc6c6ccccc6c5c4)c4ccc5c6ccc7ccccc7c6n(-c6ccccc6)c5c4)c3o2)cc1. The molecule has 0 N–H and O–H groups in total. The minimum atomic E-state index is 0.598. The summed E-state index contributed by atoms with van der Waals surface area (Å²) in [4.78, 5) is 7.35. The van der Waals surface area contributed by atoms with E-state index in [4.69, 9.17) is 9.40 Å². The van der Waals surface area contributed by atoms with Gasteiger partial charge in [0.25, 0.3) is 0 Å². The molecule has 4 heteroatoms. The fraction of sp³-hybridized carbons (Fsp3) is 0. The fourth-order valence-electron chi connectivity index (χ4n) is 9.03. The molecule has 10 aromatic carbocycles. The topological polar surface area (TPSA) is 34.2 Å². The zero-order chi connectivity index (χ0) is 37.5. The van der Waals surface area contributed by atoms with Crippen LogP contribution in [0.25, 0.3) is 93.1 Å². The first kappa shape index (κ1) is 31.6. The van der Waals surface area contributed by atoms with Gasteiger partial charge in [0.05, 0.1) is 16.7 Å². The van der Waals surface area contributed by atoms with Crippen LogP contribution < -0.4 is 4.90 Å². The van der Waals surface area contributed by atoms with E-state index in [1.165, 1.54) is 59.4 Å². The monoisotopic (exact) mass is 727 g/mol. The molecule has 0 radical (unpaired) electrons. The van der Waals surface area contributed by atoms with Gasteiger partial charge in [0.1, 0.15) is 5.52 Å². The Morgan fingerprint density at radius 2 is 1.00 bits per heavy atom. The van der Waals surface area contributed by atoms with Crippen molar-refractivity contribution in [3.8, 4) is 17.1 Å².